The Morgan fingerprint density at radius 3 is 2.56 bits per heavy atom. The molecule has 1 aliphatic carbocycles. The largest absolute Gasteiger partial charge is 0.330 e. The van der Waals surface area contributed by atoms with E-state index in [0.29, 0.717) is 5.78 Å². The minimum Gasteiger partial charge on any atom is -0.330 e. The van der Waals surface area contributed by atoms with Crippen LogP contribution >= 0.6 is 0 Å². The van der Waals surface area contributed by atoms with Gasteiger partial charge in [-0.15, -0.1) is 0 Å². The van der Waals surface area contributed by atoms with Gasteiger partial charge < -0.3 is 5.73 Å². The van der Waals surface area contributed by atoms with E-state index < -0.39 is 0 Å². The molecule has 2 heteroatoms. The fourth-order valence-electron chi connectivity index (χ4n) is 1.79. The normalized spacial score (nSPS) is 13.8. The number of Topliss-reactive ketones (excluding diaryl/α,β-unsaturated/α-hetero) is 1. The van der Waals surface area contributed by atoms with Crippen LogP contribution in [0.25, 0.3) is 0 Å². The highest BCUT2D eigenvalue weighted by molar-refractivity contribution is 5.98. The lowest BCUT2D eigenvalue weighted by Crippen LogP contribution is -2.09. The number of fused-ring (bicyclic) bond motifs is 1. The van der Waals surface area contributed by atoms with Gasteiger partial charge in [0, 0.05) is 12.0 Å². The van der Waals surface area contributed by atoms with Crippen LogP contribution in [0.5, 0.6) is 0 Å². The smallest absolute Gasteiger partial charge is 0.163 e. The Labute approximate surface area is 97.9 Å². The quantitative estimate of drug-likeness (QED) is 0.831. The second kappa shape index (κ2) is 7.18. The van der Waals surface area contributed by atoms with Crippen LogP contribution in [0.3, 0.4) is 0 Å². The van der Waals surface area contributed by atoms with Crippen molar-refractivity contribution in [1.82, 2.24) is 0 Å². The number of ketones is 1. The summed E-state index contributed by atoms with van der Waals surface area (Å²) in [7, 11) is 0. The van der Waals surface area contributed by atoms with Crippen molar-refractivity contribution in [2.75, 3.05) is 6.54 Å². The molecule has 0 atom stereocenters. The molecule has 1 aromatic rings. The van der Waals surface area contributed by atoms with Crippen molar-refractivity contribution in [1.29, 1.82) is 0 Å². The van der Waals surface area contributed by atoms with E-state index in [1.807, 2.05) is 24.3 Å². The van der Waals surface area contributed by atoms with E-state index in [2.05, 4.69) is 6.92 Å². The van der Waals surface area contributed by atoms with Gasteiger partial charge in [0.25, 0.3) is 0 Å². The number of hydrogen-bond donors (Lipinski definition) is 1. The van der Waals surface area contributed by atoms with Gasteiger partial charge in [0.1, 0.15) is 0 Å². The SMILES string of the molecule is CCCCN.O=C1CCCc2ccccc21. The number of carbonyl (C=O) groups is 1. The van der Waals surface area contributed by atoms with E-state index in [1.165, 1.54) is 18.4 Å². The molecule has 88 valence electrons. The zero-order valence-electron chi connectivity index (χ0n) is 10.0. The molecule has 0 bridgehead atoms. The van der Waals surface area contributed by atoms with Crippen LogP contribution in [0, 0.1) is 0 Å². The number of nitrogens with two attached hydrogens (primary N) is 1. The lowest BCUT2D eigenvalue weighted by Gasteiger charge is -2.12. The van der Waals surface area contributed by atoms with Crippen molar-refractivity contribution < 1.29 is 4.79 Å². The summed E-state index contributed by atoms with van der Waals surface area (Å²) in [6.07, 6.45) is 5.21. The Kier molecular flexibility index (Phi) is 5.79. The van der Waals surface area contributed by atoms with Crippen molar-refractivity contribution in [2.45, 2.75) is 39.0 Å². The van der Waals surface area contributed by atoms with E-state index in [9.17, 15) is 4.79 Å². The van der Waals surface area contributed by atoms with E-state index in [-0.39, 0.29) is 0 Å². The summed E-state index contributed by atoms with van der Waals surface area (Å²) in [5, 5.41) is 0. The van der Waals surface area contributed by atoms with Crippen molar-refractivity contribution in [3.05, 3.63) is 35.4 Å². The second-order valence-electron chi connectivity index (χ2n) is 4.08. The van der Waals surface area contributed by atoms with Crippen LogP contribution in [0.1, 0.15) is 48.5 Å². The molecule has 0 fully saturated rings. The highest BCUT2D eigenvalue weighted by Crippen LogP contribution is 2.19. The zero-order chi connectivity index (χ0) is 11.8. The number of carbonyl (C=O) groups excluding carboxylic acids is 1. The van der Waals surface area contributed by atoms with E-state index in [1.54, 1.807) is 0 Å². The molecular formula is C14H21NO. The Hall–Kier alpha value is -1.15. The third-order valence-corrected chi connectivity index (χ3v) is 2.73. The molecule has 0 aromatic heterocycles. The molecule has 2 rings (SSSR count). The predicted octanol–water partition coefficient (Wildman–Crippen LogP) is 2.95. The third-order valence-electron chi connectivity index (χ3n) is 2.73. The Bertz CT molecular complexity index is 331. The van der Waals surface area contributed by atoms with Crippen molar-refractivity contribution in [2.24, 2.45) is 5.73 Å². The van der Waals surface area contributed by atoms with Gasteiger partial charge in [0.2, 0.25) is 0 Å². The number of rotatable bonds is 2. The first-order chi connectivity index (χ1) is 7.79. The van der Waals surface area contributed by atoms with Crippen molar-refractivity contribution >= 4 is 5.78 Å². The summed E-state index contributed by atoms with van der Waals surface area (Å²) in [5.41, 5.74) is 7.31. The molecule has 0 amide bonds. The Morgan fingerprint density at radius 1 is 1.25 bits per heavy atom. The molecule has 2 nitrogen and oxygen atoms in total. The van der Waals surface area contributed by atoms with Gasteiger partial charge in [-0.1, -0.05) is 37.6 Å². The van der Waals surface area contributed by atoms with Gasteiger partial charge in [-0.25, -0.2) is 0 Å². The minimum atomic E-state index is 0.312. The summed E-state index contributed by atoms with van der Waals surface area (Å²) >= 11 is 0. The summed E-state index contributed by atoms with van der Waals surface area (Å²) in [6, 6.07) is 7.91. The minimum absolute atomic E-state index is 0.312. The molecule has 0 radical (unpaired) electrons. The summed E-state index contributed by atoms with van der Waals surface area (Å²) in [5.74, 6) is 0.312. The third kappa shape index (κ3) is 3.78. The molecule has 16 heavy (non-hydrogen) atoms. The first-order valence-corrected chi connectivity index (χ1v) is 6.10. The lowest BCUT2D eigenvalue weighted by atomic mass is 9.91. The number of aryl methyl sites for hydroxylation is 1. The molecule has 0 saturated heterocycles. The fraction of sp³-hybridized carbons (Fsp3) is 0.500. The van der Waals surface area contributed by atoms with Gasteiger partial charge in [-0.2, -0.15) is 0 Å². The average molecular weight is 219 g/mol. The number of benzene rings is 1. The van der Waals surface area contributed by atoms with Crippen LogP contribution in [0.4, 0.5) is 0 Å². The summed E-state index contributed by atoms with van der Waals surface area (Å²) < 4.78 is 0. The molecule has 0 spiro atoms. The Morgan fingerprint density at radius 2 is 2.00 bits per heavy atom. The molecule has 0 unspecified atom stereocenters. The molecule has 0 saturated carbocycles. The van der Waals surface area contributed by atoms with Crippen molar-refractivity contribution in [3.63, 3.8) is 0 Å². The fourth-order valence-corrected chi connectivity index (χ4v) is 1.79. The molecular weight excluding hydrogens is 198 g/mol. The molecule has 1 aromatic carbocycles. The van der Waals surface area contributed by atoms with Gasteiger partial charge >= 0.3 is 0 Å². The van der Waals surface area contributed by atoms with Crippen LogP contribution in [-0.4, -0.2) is 12.3 Å². The highest BCUT2D eigenvalue weighted by Gasteiger charge is 2.14. The standard InChI is InChI=1S/C10H10O.C4H11N/c11-10-7-3-5-8-4-1-2-6-9(8)10;1-2-3-4-5/h1-2,4,6H,3,5,7H2;2-5H2,1H3. The maximum Gasteiger partial charge on any atom is 0.163 e. The highest BCUT2D eigenvalue weighted by atomic mass is 16.1. The molecule has 1 aliphatic rings. The topological polar surface area (TPSA) is 43.1 Å². The number of hydrogen-bond acceptors (Lipinski definition) is 2. The molecule has 2 N–H and O–H groups in total. The van der Waals surface area contributed by atoms with Gasteiger partial charge in [-0.05, 0) is 31.4 Å². The predicted molar refractivity (Wildman–Crippen MR) is 67.7 cm³/mol. The van der Waals surface area contributed by atoms with Gasteiger partial charge in [0.15, 0.2) is 5.78 Å². The maximum atomic E-state index is 11.3. The molecule has 0 aliphatic heterocycles. The second-order valence-corrected chi connectivity index (χ2v) is 4.08. The maximum absolute atomic E-state index is 11.3. The average Bonchev–Trinajstić information content (AvgIpc) is 2.32. The lowest BCUT2D eigenvalue weighted by molar-refractivity contribution is 0.0972. The first-order valence-electron chi connectivity index (χ1n) is 6.10. The van der Waals surface area contributed by atoms with Crippen LogP contribution in [0.2, 0.25) is 0 Å². The van der Waals surface area contributed by atoms with E-state index >= 15 is 0 Å². The van der Waals surface area contributed by atoms with Crippen LogP contribution < -0.4 is 5.73 Å². The Balaban J connectivity index is 0.000000221. The summed E-state index contributed by atoms with van der Waals surface area (Å²) in [4.78, 5) is 11.3. The number of unbranched alkanes of at least 4 members (excludes halogenated alkanes) is 1. The van der Waals surface area contributed by atoms with Crippen LogP contribution in [0.15, 0.2) is 24.3 Å². The zero-order valence-corrected chi connectivity index (χ0v) is 10.0. The van der Waals surface area contributed by atoms with Gasteiger partial charge in [0.05, 0.1) is 0 Å². The van der Waals surface area contributed by atoms with Crippen LogP contribution in [-0.2, 0) is 6.42 Å². The van der Waals surface area contributed by atoms with Gasteiger partial charge in [-0.3, -0.25) is 4.79 Å². The summed E-state index contributed by atoms with van der Waals surface area (Å²) in [6.45, 7) is 2.98. The van der Waals surface area contributed by atoms with Crippen molar-refractivity contribution in [3.8, 4) is 0 Å². The van der Waals surface area contributed by atoms with E-state index in [4.69, 9.17) is 5.73 Å². The first kappa shape index (κ1) is 12.9. The molecule has 0 heterocycles. The van der Waals surface area contributed by atoms with E-state index in [0.717, 1.165) is 31.4 Å². The monoisotopic (exact) mass is 219 g/mol.